The second-order valence-corrected chi connectivity index (χ2v) is 7.74. The van der Waals surface area contributed by atoms with Crippen LogP contribution < -0.4 is 24.8 Å². The molecule has 0 aliphatic carbocycles. The number of hydrogen-bond donors (Lipinski definition) is 2. The second-order valence-electron chi connectivity index (χ2n) is 7.74. The number of nitrogens with zero attached hydrogens (tertiary/aromatic N) is 3. The summed E-state index contributed by atoms with van der Waals surface area (Å²) < 4.78 is 23.1. The molecule has 0 bridgehead atoms. The molecule has 3 heterocycles. The molecule has 11 heteroatoms. The molecule has 2 aromatic heterocycles. The maximum Gasteiger partial charge on any atom is 0.315 e. The van der Waals surface area contributed by atoms with Gasteiger partial charge in [0.2, 0.25) is 6.79 Å². The third-order valence-corrected chi connectivity index (χ3v) is 5.37. The van der Waals surface area contributed by atoms with Gasteiger partial charge in [0.05, 0.1) is 0 Å². The zero-order valence-corrected chi connectivity index (χ0v) is 18.7. The average Bonchev–Trinajstić information content (AvgIpc) is 3.63. The average molecular weight is 477 g/mol. The van der Waals surface area contributed by atoms with Crippen molar-refractivity contribution in [3.05, 3.63) is 66.4 Å². The molecule has 35 heavy (non-hydrogen) atoms. The van der Waals surface area contributed by atoms with Crippen LogP contribution >= 0.6 is 0 Å². The molecule has 2 aromatic carbocycles. The summed E-state index contributed by atoms with van der Waals surface area (Å²) in [7, 11) is 0. The van der Waals surface area contributed by atoms with Crippen molar-refractivity contribution in [1.82, 2.24) is 25.3 Å². The van der Waals surface area contributed by atoms with Gasteiger partial charge in [0.1, 0.15) is 5.75 Å². The molecule has 180 valence electrons. The van der Waals surface area contributed by atoms with Crippen molar-refractivity contribution in [3.8, 4) is 17.2 Å². The smallest absolute Gasteiger partial charge is 0.315 e. The van der Waals surface area contributed by atoms with Gasteiger partial charge >= 0.3 is 11.8 Å². The number of nitrogens with one attached hydrogen (secondary N) is 2. The van der Waals surface area contributed by atoms with Crippen LogP contribution in [-0.4, -0.2) is 53.0 Å². The first kappa shape index (κ1) is 22.3. The van der Waals surface area contributed by atoms with E-state index in [9.17, 15) is 9.59 Å². The standard InChI is InChI=1S/C24H23N5O6/c30-22(14-32-17-5-6-19-20(13-17)34-15-33-19)25-9-10-26-23(31)24-27-21(28-35-24)8-12-29-11-7-16-3-1-2-4-18(16)29/h1-7,11,13H,8-10,12,14-15H2,(H,25,30)(H,26,31). The van der Waals surface area contributed by atoms with E-state index in [1.165, 1.54) is 0 Å². The van der Waals surface area contributed by atoms with E-state index in [0.29, 0.717) is 36.0 Å². The normalized spacial score (nSPS) is 12.0. The number of rotatable bonds is 10. The van der Waals surface area contributed by atoms with E-state index in [1.807, 2.05) is 30.5 Å². The summed E-state index contributed by atoms with van der Waals surface area (Å²) in [6, 6.07) is 15.2. The third-order valence-electron chi connectivity index (χ3n) is 5.37. The monoisotopic (exact) mass is 477 g/mol. The Balaban J connectivity index is 1.01. The number of aryl methyl sites for hydroxylation is 2. The van der Waals surface area contributed by atoms with Gasteiger partial charge in [0.15, 0.2) is 23.9 Å². The van der Waals surface area contributed by atoms with Crippen molar-refractivity contribution < 1.29 is 28.3 Å². The molecule has 2 amide bonds. The Morgan fingerprint density at radius 3 is 2.83 bits per heavy atom. The van der Waals surface area contributed by atoms with Gasteiger partial charge in [-0.15, -0.1) is 0 Å². The molecular formula is C24H23N5O6. The second kappa shape index (κ2) is 10.2. The van der Waals surface area contributed by atoms with Crippen molar-refractivity contribution in [3.63, 3.8) is 0 Å². The van der Waals surface area contributed by atoms with Gasteiger partial charge in [-0.2, -0.15) is 4.98 Å². The van der Waals surface area contributed by atoms with E-state index in [4.69, 9.17) is 18.7 Å². The fourth-order valence-electron chi connectivity index (χ4n) is 3.62. The van der Waals surface area contributed by atoms with Crippen LogP contribution in [-0.2, 0) is 17.8 Å². The van der Waals surface area contributed by atoms with E-state index in [1.54, 1.807) is 18.2 Å². The van der Waals surface area contributed by atoms with E-state index < -0.39 is 5.91 Å². The number of amides is 2. The summed E-state index contributed by atoms with van der Waals surface area (Å²) in [5.74, 6) is 1.22. The molecule has 0 fully saturated rings. The van der Waals surface area contributed by atoms with Gasteiger partial charge in [0.25, 0.3) is 5.91 Å². The first-order chi connectivity index (χ1) is 17.2. The van der Waals surface area contributed by atoms with Gasteiger partial charge in [0, 0.05) is 43.8 Å². The summed E-state index contributed by atoms with van der Waals surface area (Å²) in [5.41, 5.74) is 1.12. The molecule has 0 saturated carbocycles. The fraction of sp³-hybridized carbons (Fsp3) is 0.250. The quantitative estimate of drug-likeness (QED) is 0.332. The minimum Gasteiger partial charge on any atom is -0.484 e. The molecule has 1 aliphatic rings. The van der Waals surface area contributed by atoms with Crippen LogP contribution in [0.2, 0.25) is 0 Å². The van der Waals surface area contributed by atoms with Crippen molar-refractivity contribution in [2.45, 2.75) is 13.0 Å². The van der Waals surface area contributed by atoms with Gasteiger partial charge < -0.3 is 33.9 Å². The van der Waals surface area contributed by atoms with Crippen molar-refractivity contribution in [2.24, 2.45) is 0 Å². The molecule has 1 aliphatic heterocycles. The number of carbonyl (C=O) groups excluding carboxylic acids is 2. The number of fused-ring (bicyclic) bond motifs is 2. The third kappa shape index (κ3) is 5.35. The summed E-state index contributed by atoms with van der Waals surface area (Å²) >= 11 is 0. The van der Waals surface area contributed by atoms with E-state index in [2.05, 4.69) is 31.4 Å². The Morgan fingerprint density at radius 1 is 1.03 bits per heavy atom. The van der Waals surface area contributed by atoms with Crippen LogP contribution in [0.1, 0.15) is 16.5 Å². The molecular weight excluding hydrogens is 454 g/mol. The lowest BCUT2D eigenvalue weighted by Gasteiger charge is -2.08. The largest absolute Gasteiger partial charge is 0.484 e. The Labute approximate surface area is 200 Å². The van der Waals surface area contributed by atoms with E-state index in [0.717, 1.165) is 10.9 Å². The Bertz CT molecular complexity index is 1350. The zero-order valence-electron chi connectivity index (χ0n) is 18.7. The van der Waals surface area contributed by atoms with Crippen LogP contribution in [0.15, 0.2) is 59.3 Å². The molecule has 0 radical (unpaired) electrons. The number of benzene rings is 2. The number of hydrogen-bond acceptors (Lipinski definition) is 8. The number of carbonyl (C=O) groups is 2. The van der Waals surface area contributed by atoms with Crippen molar-refractivity contribution in [2.75, 3.05) is 26.5 Å². The van der Waals surface area contributed by atoms with Crippen LogP contribution in [0.4, 0.5) is 0 Å². The highest BCUT2D eigenvalue weighted by Crippen LogP contribution is 2.35. The maximum atomic E-state index is 12.2. The molecule has 0 atom stereocenters. The fourth-order valence-corrected chi connectivity index (χ4v) is 3.62. The highest BCUT2D eigenvalue weighted by molar-refractivity contribution is 5.89. The predicted molar refractivity (Wildman–Crippen MR) is 123 cm³/mol. The molecule has 4 aromatic rings. The summed E-state index contributed by atoms with van der Waals surface area (Å²) in [6.07, 6.45) is 2.53. The molecule has 2 N–H and O–H groups in total. The minimum atomic E-state index is -0.499. The predicted octanol–water partition coefficient (Wildman–Crippen LogP) is 1.92. The minimum absolute atomic E-state index is 0.116. The van der Waals surface area contributed by atoms with Crippen LogP contribution in [0.3, 0.4) is 0 Å². The lowest BCUT2D eigenvalue weighted by molar-refractivity contribution is -0.123. The Kier molecular flexibility index (Phi) is 6.46. The Morgan fingerprint density at radius 2 is 1.89 bits per heavy atom. The maximum absolute atomic E-state index is 12.2. The van der Waals surface area contributed by atoms with Crippen LogP contribution in [0.5, 0.6) is 17.2 Å². The first-order valence-electron chi connectivity index (χ1n) is 11.1. The SMILES string of the molecule is O=C(COc1ccc2c(c1)OCO2)NCCNC(=O)c1nc(CCn2ccc3ccccc32)no1. The highest BCUT2D eigenvalue weighted by Gasteiger charge is 2.16. The van der Waals surface area contributed by atoms with Crippen molar-refractivity contribution >= 4 is 22.7 Å². The van der Waals surface area contributed by atoms with Gasteiger partial charge in [-0.1, -0.05) is 23.4 Å². The lowest BCUT2D eigenvalue weighted by Crippen LogP contribution is -2.36. The number of para-hydroxylation sites is 1. The zero-order chi connectivity index (χ0) is 24.0. The molecule has 0 unspecified atom stereocenters. The summed E-state index contributed by atoms with van der Waals surface area (Å²) in [4.78, 5) is 28.4. The molecule has 11 nitrogen and oxygen atoms in total. The molecule has 0 spiro atoms. The highest BCUT2D eigenvalue weighted by atomic mass is 16.7. The summed E-state index contributed by atoms with van der Waals surface area (Å²) in [5, 5.41) is 10.3. The van der Waals surface area contributed by atoms with Crippen LogP contribution in [0, 0.1) is 0 Å². The number of aromatic nitrogens is 3. The first-order valence-corrected chi connectivity index (χ1v) is 11.1. The molecule has 5 rings (SSSR count). The summed E-state index contributed by atoms with van der Waals surface area (Å²) in [6.45, 7) is 1.07. The van der Waals surface area contributed by atoms with Gasteiger partial charge in [-0.05, 0) is 29.7 Å². The number of ether oxygens (including phenoxy) is 3. The Hall–Kier alpha value is -4.54. The molecule has 0 saturated heterocycles. The topological polar surface area (TPSA) is 130 Å². The van der Waals surface area contributed by atoms with Crippen LogP contribution in [0.25, 0.3) is 10.9 Å². The van der Waals surface area contributed by atoms with Gasteiger partial charge in [-0.3, -0.25) is 9.59 Å². The van der Waals surface area contributed by atoms with Crippen molar-refractivity contribution in [1.29, 1.82) is 0 Å². The van der Waals surface area contributed by atoms with E-state index >= 15 is 0 Å². The van der Waals surface area contributed by atoms with E-state index in [-0.39, 0.29) is 38.3 Å². The van der Waals surface area contributed by atoms with Gasteiger partial charge in [-0.25, -0.2) is 0 Å². The lowest BCUT2D eigenvalue weighted by atomic mass is 10.2.